The van der Waals surface area contributed by atoms with E-state index in [0.29, 0.717) is 27.1 Å². The predicted octanol–water partition coefficient (Wildman–Crippen LogP) is 4.97. The topological polar surface area (TPSA) is 67.2 Å². The number of hydrogen-bond donors (Lipinski definition) is 1. The van der Waals surface area contributed by atoms with Gasteiger partial charge in [-0.1, -0.05) is 0 Å². The molecule has 0 atom stereocenters. The molecule has 0 aliphatic rings. The molecule has 37 heavy (non-hydrogen) atoms. The molecule has 0 aliphatic heterocycles. The number of nitrogens with zero attached hydrogens (tertiary/aromatic N) is 3. The molecule has 0 spiro atoms. The van der Waals surface area contributed by atoms with Crippen molar-refractivity contribution in [1.29, 1.82) is 0 Å². The number of fused-ring (bicyclic) bond motifs is 1. The molecular weight excluding hydrogens is 530 g/mol. The standard InChI is InChI=1S/C21H14F10N4O2/c1-19(2,20(26,27)28)33-18(37)10-7-35(14-11(23)4-8(22)5-12(14)24)16-9(15(10)36)6-13(25)17(32-16)34(3)21(29,30)31/h4-7H,1-3H3,(H,33,37). The first-order chi connectivity index (χ1) is 16.8. The molecule has 3 aromatic rings. The Kier molecular flexibility index (Phi) is 6.68. The molecule has 6 nitrogen and oxygen atoms in total. The van der Waals surface area contributed by atoms with Crippen LogP contribution in [0.3, 0.4) is 0 Å². The fraction of sp³-hybridized carbons (Fsp3) is 0.286. The van der Waals surface area contributed by atoms with E-state index in [-0.39, 0.29) is 22.8 Å². The first kappa shape index (κ1) is 27.7. The molecule has 0 radical (unpaired) electrons. The Labute approximate surface area is 200 Å². The third kappa shape index (κ3) is 5.04. The Morgan fingerprint density at radius 2 is 1.49 bits per heavy atom. The number of amides is 1. The summed E-state index contributed by atoms with van der Waals surface area (Å²) in [7, 11) is 0.347. The molecule has 3 rings (SSSR count). The van der Waals surface area contributed by atoms with Gasteiger partial charge in [-0.3, -0.25) is 19.1 Å². The highest BCUT2D eigenvalue weighted by Gasteiger charge is 2.48. The predicted molar refractivity (Wildman–Crippen MR) is 109 cm³/mol. The van der Waals surface area contributed by atoms with Crippen molar-refractivity contribution in [3.8, 4) is 5.69 Å². The summed E-state index contributed by atoms with van der Waals surface area (Å²) in [6, 6.07) is 0.450. The summed E-state index contributed by atoms with van der Waals surface area (Å²) in [4.78, 5) is 28.3. The fourth-order valence-corrected chi connectivity index (χ4v) is 3.09. The highest BCUT2D eigenvalue weighted by Crippen LogP contribution is 2.32. The van der Waals surface area contributed by atoms with Gasteiger partial charge in [-0.25, -0.2) is 22.5 Å². The van der Waals surface area contributed by atoms with Gasteiger partial charge in [0.05, 0.1) is 5.39 Å². The second-order valence-electron chi connectivity index (χ2n) is 8.23. The Hall–Kier alpha value is -3.85. The second kappa shape index (κ2) is 8.92. The zero-order chi connectivity index (χ0) is 28.2. The smallest absolute Gasteiger partial charge is 0.338 e. The summed E-state index contributed by atoms with van der Waals surface area (Å²) in [5, 5.41) is 0.487. The maximum Gasteiger partial charge on any atom is 0.485 e. The molecule has 1 amide bonds. The van der Waals surface area contributed by atoms with E-state index in [0.717, 1.165) is 0 Å². The molecule has 0 bridgehead atoms. The minimum absolute atomic E-state index is 0.140. The Bertz CT molecular complexity index is 1440. The van der Waals surface area contributed by atoms with Crippen LogP contribution in [0.4, 0.5) is 49.7 Å². The van der Waals surface area contributed by atoms with Gasteiger partial charge in [-0.15, -0.1) is 0 Å². The molecule has 0 fully saturated rings. The molecule has 0 saturated carbocycles. The van der Waals surface area contributed by atoms with Crippen molar-refractivity contribution in [3.05, 3.63) is 63.5 Å². The SMILES string of the molecule is CN(c1nc2c(cc1F)c(=O)c(C(=O)NC(C)(C)C(F)(F)F)cn2-c1c(F)cc(F)cc1F)C(F)(F)F. The van der Waals surface area contributed by atoms with Crippen LogP contribution in [-0.4, -0.2) is 40.5 Å². The third-order valence-electron chi connectivity index (χ3n) is 5.21. The number of pyridine rings is 2. The monoisotopic (exact) mass is 544 g/mol. The van der Waals surface area contributed by atoms with Crippen LogP contribution in [0.2, 0.25) is 0 Å². The van der Waals surface area contributed by atoms with E-state index >= 15 is 0 Å². The molecular formula is C21H14F10N4O2. The van der Waals surface area contributed by atoms with Gasteiger partial charge in [0, 0.05) is 25.4 Å². The van der Waals surface area contributed by atoms with Crippen LogP contribution in [0.5, 0.6) is 0 Å². The lowest BCUT2D eigenvalue weighted by Crippen LogP contribution is -2.54. The Balaban J connectivity index is 2.42. The number of carbonyl (C=O) groups is 1. The van der Waals surface area contributed by atoms with Crippen LogP contribution in [0.15, 0.2) is 29.2 Å². The van der Waals surface area contributed by atoms with Crippen molar-refractivity contribution in [1.82, 2.24) is 14.9 Å². The fourth-order valence-electron chi connectivity index (χ4n) is 3.09. The first-order valence-electron chi connectivity index (χ1n) is 9.87. The van der Waals surface area contributed by atoms with E-state index in [1.54, 1.807) is 0 Å². The molecule has 0 aliphatic carbocycles. The minimum atomic E-state index is -5.21. The van der Waals surface area contributed by atoms with E-state index in [1.807, 2.05) is 0 Å². The minimum Gasteiger partial charge on any atom is -0.338 e. The molecule has 0 saturated heterocycles. The van der Waals surface area contributed by atoms with E-state index in [2.05, 4.69) is 4.98 Å². The van der Waals surface area contributed by atoms with Crippen molar-refractivity contribution in [2.24, 2.45) is 0 Å². The van der Waals surface area contributed by atoms with E-state index in [9.17, 15) is 53.5 Å². The van der Waals surface area contributed by atoms with Gasteiger partial charge >= 0.3 is 12.5 Å². The van der Waals surface area contributed by atoms with Gasteiger partial charge in [-0.05, 0) is 19.9 Å². The molecule has 16 heteroatoms. The molecule has 0 unspecified atom stereocenters. The summed E-state index contributed by atoms with van der Waals surface area (Å²) in [6.45, 7) is 1.06. The van der Waals surface area contributed by atoms with Gasteiger partial charge < -0.3 is 5.32 Å². The maximum atomic E-state index is 14.6. The number of nitrogens with one attached hydrogen (secondary N) is 1. The van der Waals surface area contributed by atoms with Crippen LogP contribution in [-0.2, 0) is 0 Å². The molecule has 2 aromatic heterocycles. The lowest BCUT2D eigenvalue weighted by atomic mass is 10.0. The molecule has 1 aromatic carbocycles. The Morgan fingerprint density at radius 1 is 0.946 bits per heavy atom. The summed E-state index contributed by atoms with van der Waals surface area (Å²) in [6.07, 6.45) is -9.94. The van der Waals surface area contributed by atoms with Gasteiger partial charge in [0.1, 0.15) is 22.6 Å². The number of halogens is 10. The van der Waals surface area contributed by atoms with Crippen LogP contribution in [0.1, 0.15) is 24.2 Å². The summed E-state index contributed by atoms with van der Waals surface area (Å²) in [5.41, 5.74) is -7.93. The van der Waals surface area contributed by atoms with Crippen LogP contribution in [0, 0.1) is 23.3 Å². The van der Waals surface area contributed by atoms with Gasteiger partial charge in [0.15, 0.2) is 28.9 Å². The number of carbonyl (C=O) groups excluding carboxylic acids is 1. The quantitative estimate of drug-likeness (QED) is 0.372. The molecule has 200 valence electrons. The zero-order valence-electron chi connectivity index (χ0n) is 18.7. The van der Waals surface area contributed by atoms with E-state index in [1.165, 1.54) is 5.32 Å². The van der Waals surface area contributed by atoms with Crippen LogP contribution >= 0.6 is 0 Å². The average Bonchev–Trinajstić information content (AvgIpc) is 2.72. The van der Waals surface area contributed by atoms with Crippen molar-refractivity contribution < 1.29 is 48.7 Å². The Morgan fingerprint density at radius 3 is 1.97 bits per heavy atom. The van der Waals surface area contributed by atoms with Crippen molar-refractivity contribution in [2.75, 3.05) is 11.9 Å². The van der Waals surface area contributed by atoms with E-state index in [4.69, 9.17) is 0 Å². The lowest BCUT2D eigenvalue weighted by molar-refractivity contribution is -0.182. The van der Waals surface area contributed by atoms with Crippen LogP contribution < -0.4 is 15.6 Å². The second-order valence-corrected chi connectivity index (χ2v) is 8.23. The highest BCUT2D eigenvalue weighted by molar-refractivity contribution is 5.97. The first-order valence-corrected chi connectivity index (χ1v) is 9.87. The number of alkyl halides is 6. The summed E-state index contributed by atoms with van der Waals surface area (Å²) in [5.74, 6) is -9.74. The maximum absolute atomic E-state index is 14.6. The summed E-state index contributed by atoms with van der Waals surface area (Å²) >= 11 is 0. The molecule has 1 N–H and O–H groups in total. The largest absolute Gasteiger partial charge is 0.485 e. The van der Waals surface area contributed by atoms with Gasteiger partial charge in [-0.2, -0.15) is 26.3 Å². The van der Waals surface area contributed by atoms with E-state index < -0.39 is 85.6 Å². The normalized spacial score (nSPS) is 12.7. The number of benzene rings is 1. The van der Waals surface area contributed by atoms with Gasteiger partial charge in [0.25, 0.3) is 5.91 Å². The number of hydrogen-bond acceptors (Lipinski definition) is 4. The third-order valence-corrected chi connectivity index (χ3v) is 5.21. The zero-order valence-corrected chi connectivity index (χ0v) is 18.7. The molecule has 2 heterocycles. The average molecular weight is 544 g/mol. The van der Waals surface area contributed by atoms with Crippen molar-refractivity contribution in [3.63, 3.8) is 0 Å². The van der Waals surface area contributed by atoms with Gasteiger partial charge in [0.2, 0.25) is 5.43 Å². The number of anilines is 1. The number of aromatic nitrogens is 2. The number of rotatable bonds is 4. The summed E-state index contributed by atoms with van der Waals surface area (Å²) < 4.78 is 137. The van der Waals surface area contributed by atoms with Crippen molar-refractivity contribution in [2.45, 2.75) is 31.9 Å². The van der Waals surface area contributed by atoms with Crippen LogP contribution in [0.25, 0.3) is 16.7 Å². The lowest BCUT2D eigenvalue weighted by Gasteiger charge is -2.29. The van der Waals surface area contributed by atoms with Crippen molar-refractivity contribution >= 4 is 22.8 Å². The highest BCUT2D eigenvalue weighted by atomic mass is 19.4.